The zero-order valence-corrected chi connectivity index (χ0v) is 30.1. The van der Waals surface area contributed by atoms with E-state index in [1.54, 1.807) is 0 Å². The smallest absolute Gasteiger partial charge is 0.137 e. The van der Waals surface area contributed by atoms with Crippen LogP contribution in [0.15, 0.2) is 186 Å². The standard InChI is InChI=1S/C51H36N2O/c1-51(2)44-19-9-6-15-39(44)40-29-27-36(31-45(40)51)52(37-28-30-42-41-16-8-11-22-48(41)54-49(42)32-37)35-25-23-33(24-26-35)38-18-12-21-47-50(38)43-17-7-10-20-46(43)53(47)34-13-4-3-5-14-34/h3-32H,1-2H3. The third-order valence-electron chi connectivity index (χ3n) is 11.6. The lowest BCUT2D eigenvalue weighted by Crippen LogP contribution is -2.16. The molecule has 10 aromatic rings. The minimum absolute atomic E-state index is 0.113. The Labute approximate surface area is 314 Å². The largest absolute Gasteiger partial charge is 0.456 e. The van der Waals surface area contributed by atoms with E-state index in [2.05, 4.69) is 193 Å². The second kappa shape index (κ2) is 11.6. The Morgan fingerprint density at radius 3 is 1.94 bits per heavy atom. The van der Waals surface area contributed by atoms with Gasteiger partial charge in [0, 0.05) is 55.8 Å². The molecule has 11 rings (SSSR count). The molecule has 0 spiro atoms. The quantitative estimate of drug-likeness (QED) is 0.179. The van der Waals surface area contributed by atoms with Gasteiger partial charge in [-0.15, -0.1) is 0 Å². The lowest BCUT2D eigenvalue weighted by molar-refractivity contribution is 0.660. The number of aromatic nitrogens is 1. The molecule has 256 valence electrons. The van der Waals surface area contributed by atoms with Gasteiger partial charge in [-0.25, -0.2) is 0 Å². The summed E-state index contributed by atoms with van der Waals surface area (Å²) in [6, 6.07) is 65.9. The van der Waals surface area contributed by atoms with E-state index in [0.29, 0.717) is 0 Å². The lowest BCUT2D eigenvalue weighted by atomic mass is 9.82. The summed E-state index contributed by atoms with van der Waals surface area (Å²) in [6.07, 6.45) is 0. The maximum atomic E-state index is 6.42. The highest BCUT2D eigenvalue weighted by molar-refractivity contribution is 6.16. The maximum Gasteiger partial charge on any atom is 0.137 e. The van der Waals surface area contributed by atoms with Crippen molar-refractivity contribution in [3.63, 3.8) is 0 Å². The van der Waals surface area contributed by atoms with Crippen LogP contribution in [0, 0.1) is 0 Å². The average molecular weight is 693 g/mol. The molecule has 8 aromatic carbocycles. The number of rotatable bonds is 5. The van der Waals surface area contributed by atoms with Gasteiger partial charge in [0.15, 0.2) is 0 Å². The Balaban J connectivity index is 1.08. The van der Waals surface area contributed by atoms with E-state index in [-0.39, 0.29) is 5.41 Å². The van der Waals surface area contributed by atoms with Gasteiger partial charge >= 0.3 is 0 Å². The van der Waals surface area contributed by atoms with Gasteiger partial charge in [-0.2, -0.15) is 0 Å². The second-order valence-electron chi connectivity index (χ2n) is 14.9. The summed E-state index contributed by atoms with van der Waals surface area (Å²) in [7, 11) is 0. The molecule has 0 atom stereocenters. The molecule has 0 fully saturated rings. The third-order valence-corrected chi connectivity index (χ3v) is 11.6. The van der Waals surface area contributed by atoms with Crippen LogP contribution >= 0.6 is 0 Å². The highest BCUT2D eigenvalue weighted by Crippen LogP contribution is 2.51. The van der Waals surface area contributed by atoms with Gasteiger partial charge in [-0.1, -0.05) is 123 Å². The highest BCUT2D eigenvalue weighted by Gasteiger charge is 2.35. The molecule has 0 radical (unpaired) electrons. The fourth-order valence-corrected chi connectivity index (χ4v) is 9.04. The number of hydrogen-bond acceptors (Lipinski definition) is 2. The number of para-hydroxylation sites is 3. The fraction of sp³-hybridized carbons (Fsp3) is 0.0588. The Morgan fingerprint density at radius 1 is 0.444 bits per heavy atom. The summed E-state index contributed by atoms with van der Waals surface area (Å²) < 4.78 is 8.80. The van der Waals surface area contributed by atoms with E-state index < -0.39 is 0 Å². The van der Waals surface area contributed by atoms with Gasteiger partial charge in [0.1, 0.15) is 11.2 Å². The van der Waals surface area contributed by atoms with Crippen LogP contribution in [0.5, 0.6) is 0 Å². The van der Waals surface area contributed by atoms with Crippen LogP contribution in [-0.2, 0) is 5.41 Å². The van der Waals surface area contributed by atoms with Crippen molar-refractivity contribution in [3.8, 4) is 27.9 Å². The van der Waals surface area contributed by atoms with Crippen LogP contribution in [0.25, 0.3) is 71.7 Å². The first-order valence-corrected chi connectivity index (χ1v) is 18.7. The van der Waals surface area contributed by atoms with Gasteiger partial charge < -0.3 is 13.9 Å². The number of benzene rings is 8. The minimum Gasteiger partial charge on any atom is -0.456 e. The molecule has 3 nitrogen and oxygen atoms in total. The Hall–Kier alpha value is -6.84. The lowest BCUT2D eigenvalue weighted by Gasteiger charge is -2.28. The molecule has 0 aliphatic heterocycles. The minimum atomic E-state index is -0.113. The number of furan rings is 1. The number of fused-ring (bicyclic) bond motifs is 9. The molecule has 0 bridgehead atoms. The zero-order chi connectivity index (χ0) is 36.0. The maximum absolute atomic E-state index is 6.42. The van der Waals surface area contributed by atoms with Crippen molar-refractivity contribution < 1.29 is 4.42 Å². The molecule has 2 aromatic heterocycles. The first kappa shape index (κ1) is 30.8. The van der Waals surface area contributed by atoms with Crippen LogP contribution in [0.3, 0.4) is 0 Å². The topological polar surface area (TPSA) is 21.3 Å². The van der Waals surface area contributed by atoms with Crippen molar-refractivity contribution in [1.29, 1.82) is 0 Å². The van der Waals surface area contributed by atoms with Crippen LogP contribution in [0.4, 0.5) is 17.1 Å². The molecule has 0 N–H and O–H groups in total. The molecule has 1 aliphatic rings. The predicted molar refractivity (Wildman–Crippen MR) is 226 cm³/mol. The number of nitrogens with zero attached hydrogens (tertiary/aromatic N) is 2. The van der Waals surface area contributed by atoms with Crippen molar-refractivity contribution in [2.24, 2.45) is 0 Å². The summed E-state index contributed by atoms with van der Waals surface area (Å²) in [5.74, 6) is 0. The van der Waals surface area contributed by atoms with Gasteiger partial charge in [0.05, 0.1) is 11.0 Å². The van der Waals surface area contributed by atoms with Crippen LogP contribution in [-0.4, -0.2) is 4.57 Å². The number of hydrogen-bond donors (Lipinski definition) is 0. The Kier molecular flexibility index (Phi) is 6.60. The fourth-order valence-electron chi connectivity index (χ4n) is 9.04. The van der Waals surface area contributed by atoms with Crippen LogP contribution in [0.1, 0.15) is 25.0 Å². The second-order valence-corrected chi connectivity index (χ2v) is 14.9. The molecule has 1 aliphatic carbocycles. The zero-order valence-electron chi connectivity index (χ0n) is 30.1. The predicted octanol–water partition coefficient (Wildman–Crippen LogP) is 14.1. The Bertz CT molecular complexity index is 3070. The Morgan fingerprint density at radius 2 is 1.07 bits per heavy atom. The summed E-state index contributed by atoms with van der Waals surface area (Å²) in [5, 5.41) is 4.77. The normalized spacial score (nSPS) is 13.1. The van der Waals surface area contributed by atoms with Crippen molar-refractivity contribution in [2.75, 3.05) is 4.90 Å². The molecule has 3 heteroatoms. The van der Waals surface area contributed by atoms with Gasteiger partial charge in [-0.3, -0.25) is 0 Å². The highest BCUT2D eigenvalue weighted by atomic mass is 16.3. The summed E-state index contributed by atoms with van der Waals surface area (Å²) in [6.45, 7) is 4.69. The van der Waals surface area contributed by atoms with Crippen molar-refractivity contribution >= 4 is 60.8 Å². The SMILES string of the molecule is CC1(C)c2ccccc2-c2ccc(N(c3ccc(-c4cccc5c4c4ccccc4n5-c4ccccc4)cc3)c3ccc4c(c3)oc3ccccc34)cc21. The van der Waals surface area contributed by atoms with Gasteiger partial charge in [-0.05, 0) is 100 Å². The van der Waals surface area contributed by atoms with Crippen molar-refractivity contribution in [3.05, 3.63) is 193 Å². The average Bonchev–Trinajstić information content (AvgIpc) is 3.84. The van der Waals surface area contributed by atoms with E-state index >= 15 is 0 Å². The molecule has 0 saturated carbocycles. The van der Waals surface area contributed by atoms with E-state index in [1.807, 2.05) is 12.1 Å². The van der Waals surface area contributed by atoms with Crippen LogP contribution in [0.2, 0.25) is 0 Å². The van der Waals surface area contributed by atoms with E-state index in [9.17, 15) is 0 Å². The number of anilines is 3. The molecule has 0 saturated heterocycles. The van der Waals surface area contributed by atoms with E-state index in [1.165, 1.54) is 55.2 Å². The molecule has 0 unspecified atom stereocenters. The van der Waals surface area contributed by atoms with E-state index in [0.717, 1.165) is 44.7 Å². The van der Waals surface area contributed by atoms with Crippen LogP contribution < -0.4 is 4.90 Å². The summed E-state index contributed by atoms with van der Waals surface area (Å²) in [5.41, 5.74) is 16.2. The van der Waals surface area contributed by atoms with Gasteiger partial charge in [0.25, 0.3) is 0 Å². The molecule has 2 heterocycles. The van der Waals surface area contributed by atoms with E-state index in [4.69, 9.17) is 4.42 Å². The first-order chi connectivity index (χ1) is 26.5. The molecular formula is C51H36N2O. The molecule has 54 heavy (non-hydrogen) atoms. The van der Waals surface area contributed by atoms with Crippen molar-refractivity contribution in [1.82, 2.24) is 4.57 Å². The van der Waals surface area contributed by atoms with Gasteiger partial charge in [0.2, 0.25) is 0 Å². The van der Waals surface area contributed by atoms with Crippen molar-refractivity contribution in [2.45, 2.75) is 19.3 Å². The summed E-state index contributed by atoms with van der Waals surface area (Å²) >= 11 is 0. The monoisotopic (exact) mass is 692 g/mol. The molecular weight excluding hydrogens is 657 g/mol. The first-order valence-electron chi connectivity index (χ1n) is 18.7. The summed E-state index contributed by atoms with van der Waals surface area (Å²) in [4.78, 5) is 2.37. The third kappa shape index (κ3) is 4.48. The molecule has 0 amide bonds.